The number of alkyl halides is 3. The first kappa shape index (κ1) is 26.7. The summed E-state index contributed by atoms with van der Waals surface area (Å²) in [5.74, 6) is -9.26. The highest BCUT2D eigenvalue weighted by molar-refractivity contribution is 7.92. The Labute approximate surface area is 198 Å². The summed E-state index contributed by atoms with van der Waals surface area (Å²) in [6.07, 6.45) is -4.14. The lowest BCUT2D eigenvalue weighted by molar-refractivity contribution is -0.199. The maximum atomic E-state index is 14.8. The number of hydrogen-bond acceptors (Lipinski definition) is 7. The number of anilines is 2. The molecular weight excluding hydrogens is 525 g/mol. The standard InChI is InChI=1S/C20H13F7N4O4S/c1-10(13-6-11(21)2-3-14(13)22)30-12-7-15(23)18(16(24)8-12)36(33,34)31(17-4-5-28-9-29-17)35-19(32)20(25,26)27/h2-10,30H,1H3/t10-/m0/s1. The third kappa shape index (κ3) is 5.64. The topological polar surface area (TPSA) is 101 Å². The number of carbonyl (C=O) groups excluding carboxylic acids is 1. The van der Waals surface area contributed by atoms with Crippen LogP contribution in [0, 0.1) is 23.3 Å². The van der Waals surface area contributed by atoms with Crippen LogP contribution in [0.3, 0.4) is 0 Å². The van der Waals surface area contributed by atoms with Gasteiger partial charge < -0.3 is 10.2 Å². The van der Waals surface area contributed by atoms with Crippen LogP contribution in [0.5, 0.6) is 0 Å². The summed E-state index contributed by atoms with van der Waals surface area (Å²) in [7, 11) is -5.67. The van der Waals surface area contributed by atoms with Crippen molar-refractivity contribution >= 4 is 27.5 Å². The Morgan fingerprint density at radius 2 is 1.67 bits per heavy atom. The zero-order chi connectivity index (χ0) is 26.8. The van der Waals surface area contributed by atoms with Gasteiger partial charge in [-0.25, -0.2) is 32.3 Å². The number of carbonyl (C=O) groups is 1. The number of halogens is 7. The van der Waals surface area contributed by atoms with Crippen LogP contribution in [-0.4, -0.2) is 30.5 Å². The summed E-state index contributed by atoms with van der Waals surface area (Å²) >= 11 is 0. The first-order valence-electron chi connectivity index (χ1n) is 9.52. The summed E-state index contributed by atoms with van der Waals surface area (Å²) in [4.78, 5) is 20.2. The van der Waals surface area contributed by atoms with E-state index in [9.17, 15) is 43.9 Å². The van der Waals surface area contributed by atoms with Gasteiger partial charge in [0.05, 0.1) is 6.04 Å². The van der Waals surface area contributed by atoms with Gasteiger partial charge in [0.1, 0.15) is 29.6 Å². The molecule has 3 aromatic rings. The molecule has 0 radical (unpaired) electrons. The van der Waals surface area contributed by atoms with Crippen molar-refractivity contribution in [2.75, 3.05) is 9.79 Å². The minimum absolute atomic E-state index is 0.221. The van der Waals surface area contributed by atoms with Crippen LogP contribution in [0.1, 0.15) is 18.5 Å². The van der Waals surface area contributed by atoms with E-state index in [2.05, 4.69) is 20.1 Å². The van der Waals surface area contributed by atoms with E-state index < -0.39 is 72.3 Å². The average Bonchev–Trinajstić information content (AvgIpc) is 2.77. The number of nitrogens with one attached hydrogen (secondary N) is 1. The van der Waals surface area contributed by atoms with Crippen LogP contribution >= 0.6 is 0 Å². The van der Waals surface area contributed by atoms with Crippen LogP contribution in [0.25, 0.3) is 0 Å². The van der Waals surface area contributed by atoms with E-state index in [1.807, 2.05) is 0 Å². The van der Waals surface area contributed by atoms with Crippen molar-refractivity contribution in [3.05, 3.63) is 77.8 Å². The van der Waals surface area contributed by atoms with Gasteiger partial charge in [-0.1, -0.05) is 4.47 Å². The van der Waals surface area contributed by atoms with Crippen molar-refractivity contribution in [1.29, 1.82) is 0 Å². The quantitative estimate of drug-likeness (QED) is 0.351. The maximum absolute atomic E-state index is 14.8. The Hall–Kier alpha value is -3.95. The second-order valence-electron chi connectivity index (χ2n) is 6.98. The van der Waals surface area contributed by atoms with Gasteiger partial charge in [-0.05, 0) is 37.3 Å². The summed E-state index contributed by atoms with van der Waals surface area (Å²) in [5, 5.41) is 2.45. The highest BCUT2D eigenvalue weighted by Gasteiger charge is 2.46. The predicted octanol–water partition coefficient (Wildman–Crippen LogP) is 4.42. The van der Waals surface area contributed by atoms with Crippen molar-refractivity contribution in [3.8, 4) is 0 Å². The van der Waals surface area contributed by atoms with Crippen molar-refractivity contribution in [3.63, 3.8) is 0 Å². The largest absolute Gasteiger partial charge is 0.493 e. The molecule has 0 fully saturated rings. The van der Waals surface area contributed by atoms with Gasteiger partial charge in [-0.2, -0.15) is 21.6 Å². The molecule has 8 nitrogen and oxygen atoms in total. The third-order valence-electron chi connectivity index (χ3n) is 4.43. The molecule has 0 saturated heterocycles. The maximum Gasteiger partial charge on any atom is 0.493 e. The molecule has 0 aliphatic carbocycles. The Balaban J connectivity index is 2.01. The number of benzene rings is 2. The van der Waals surface area contributed by atoms with Crippen molar-refractivity contribution in [1.82, 2.24) is 9.97 Å². The van der Waals surface area contributed by atoms with Crippen LogP contribution in [-0.2, 0) is 19.7 Å². The van der Waals surface area contributed by atoms with Gasteiger partial charge in [-0.15, -0.1) is 0 Å². The fourth-order valence-electron chi connectivity index (χ4n) is 2.88. The molecule has 0 spiro atoms. The second kappa shape index (κ2) is 9.96. The molecule has 1 N–H and O–H groups in total. The Morgan fingerprint density at radius 3 is 2.22 bits per heavy atom. The van der Waals surface area contributed by atoms with E-state index in [0.717, 1.165) is 24.4 Å². The predicted molar refractivity (Wildman–Crippen MR) is 109 cm³/mol. The van der Waals surface area contributed by atoms with E-state index in [1.54, 1.807) is 0 Å². The Kier molecular flexibility index (Phi) is 7.38. The fraction of sp³-hybridized carbons (Fsp3) is 0.150. The zero-order valence-electron chi connectivity index (χ0n) is 17.7. The van der Waals surface area contributed by atoms with E-state index in [4.69, 9.17) is 0 Å². The van der Waals surface area contributed by atoms with Crippen molar-refractivity contribution < 1.29 is 48.8 Å². The van der Waals surface area contributed by atoms with Gasteiger partial charge in [0.15, 0.2) is 10.7 Å². The molecule has 0 aliphatic heterocycles. The van der Waals surface area contributed by atoms with Crippen LogP contribution < -0.4 is 9.79 Å². The van der Waals surface area contributed by atoms with Crippen molar-refractivity contribution in [2.24, 2.45) is 0 Å². The third-order valence-corrected chi connectivity index (χ3v) is 6.04. The van der Waals surface area contributed by atoms with Crippen LogP contribution in [0.4, 0.5) is 42.2 Å². The summed E-state index contributed by atoms with van der Waals surface area (Å²) in [6.45, 7) is 1.31. The molecule has 1 atom stereocenters. The Morgan fingerprint density at radius 1 is 1.03 bits per heavy atom. The fourth-order valence-corrected chi connectivity index (χ4v) is 4.18. The zero-order valence-corrected chi connectivity index (χ0v) is 18.5. The van der Waals surface area contributed by atoms with Gasteiger partial charge in [0.25, 0.3) is 0 Å². The van der Waals surface area contributed by atoms with Crippen molar-refractivity contribution in [2.45, 2.75) is 24.0 Å². The van der Waals surface area contributed by atoms with Crippen LogP contribution in [0.2, 0.25) is 0 Å². The molecule has 1 heterocycles. The highest BCUT2D eigenvalue weighted by Crippen LogP contribution is 2.31. The first-order valence-corrected chi connectivity index (χ1v) is 11.0. The van der Waals surface area contributed by atoms with Gasteiger partial charge >= 0.3 is 22.2 Å². The number of aromatic nitrogens is 2. The van der Waals surface area contributed by atoms with E-state index in [-0.39, 0.29) is 5.56 Å². The lowest BCUT2D eigenvalue weighted by Gasteiger charge is -2.23. The minimum Gasteiger partial charge on any atom is -0.378 e. The summed E-state index contributed by atoms with van der Waals surface area (Å²) in [6, 6.07) is 3.01. The summed E-state index contributed by atoms with van der Waals surface area (Å²) < 4.78 is 120. The number of nitrogens with zero attached hydrogens (tertiary/aromatic N) is 3. The van der Waals surface area contributed by atoms with Gasteiger partial charge in [0.2, 0.25) is 0 Å². The molecule has 3 rings (SSSR count). The SMILES string of the molecule is C[C@H](Nc1cc(F)c(S(=O)(=O)N(OC(=O)C(F)(F)F)c2ccncn2)c(F)c1)c1cc(F)ccc1F. The Bertz CT molecular complexity index is 1370. The molecule has 192 valence electrons. The van der Waals surface area contributed by atoms with Crippen LogP contribution in [0.15, 0.2) is 53.8 Å². The molecule has 2 aromatic carbocycles. The number of sulfonamides is 1. The molecule has 0 unspecified atom stereocenters. The summed E-state index contributed by atoms with van der Waals surface area (Å²) in [5.41, 5.74) is -0.650. The smallest absolute Gasteiger partial charge is 0.378 e. The molecule has 0 bridgehead atoms. The monoisotopic (exact) mass is 538 g/mol. The van der Waals surface area contributed by atoms with Gasteiger partial charge in [0, 0.05) is 23.5 Å². The molecule has 36 heavy (non-hydrogen) atoms. The number of rotatable bonds is 7. The molecule has 0 aliphatic rings. The normalized spacial score (nSPS) is 12.7. The molecule has 16 heteroatoms. The lowest BCUT2D eigenvalue weighted by Crippen LogP contribution is -2.39. The van der Waals surface area contributed by atoms with E-state index in [1.165, 1.54) is 6.92 Å². The molecular formula is C20H13F7N4O4S. The first-order chi connectivity index (χ1) is 16.7. The highest BCUT2D eigenvalue weighted by atomic mass is 32.2. The number of hydrogen-bond donors (Lipinski definition) is 1. The second-order valence-corrected chi connectivity index (χ2v) is 8.67. The van der Waals surface area contributed by atoms with Gasteiger partial charge in [-0.3, -0.25) is 0 Å². The minimum atomic E-state index is -5.67. The molecule has 0 amide bonds. The molecule has 1 aromatic heterocycles. The average molecular weight is 538 g/mol. The van der Waals surface area contributed by atoms with E-state index >= 15 is 0 Å². The lowest BCUT2D eigenvalue weighted by atomic mass is 10.1. The molecule has 0 saturated carbocycles. The van der Waals surface area contributed by atoms with E-state index in [0.29, 0.717) is 24.5 Å².